The second-order valence-corrected chi connectivity index (χ2v) is 3.76. The molecule has 2 rings (SSSR count). The van der Waals surface area contributed by atoms with Crippen LogP contribution in [0.4, 0.5) is 0 Å². The maximum Gasteiger partial charge on any atom is 0.175 e. The Morgan fingerprint density at radius 1 is 1.07 bits per heavy atom. The summed E-state index contributed by atoms with van der Waals surface area (Å²) in [4.78, 5) is 8.74. The van der Waals surface area contributed by atoms with Gasteiger partial charge in [0.15, 0.2) is 5.82 Å². The average molecular weight is 202 g/mol. The van der Waals surface area contributed by atoms with Crippen LogP contribution in [0.2, 0.25) is 0 Å². The zero-order valence-electron chi connectivity index (χ0n) is 9.44. The van der Waals surface area contributed by atoms with E-state index in [9.17, 15) is 0 Å². The van der Waals surface area contributed by atoms with Crippen LogP contribution >= 0.6 is 0 Å². The molecule has 0 amide bonds. The minimum Gasteiger partial charge on any atom is -0.256 e. The molecule has 15 heavy (non-hydrogen) atoms. The summed E-state index contributed by atoms with van der Waals surface area (Å²) in [5, 5.41) is 4.40. The first-order valence-corrected chi connectivity index (χ1v) is 4.92. The van der Waals surface area contributed by atoms with Gasteiger partial charge in [-0.05, 0) is 33.8 Å². The van der Waals surface area contributed by atoms with Crippen molar-refractivity contribution < 1.29 is 0 Å². The summed E-state index contributed by atoms with van der Waals surface area (Å²) in [5.74, 6) is 0.820. The van der Waals surface area contributed by atoms with E-state index in [1.165, 1.54) is 0 Å². The van der Waals surface area contributed by atoms with Crippen LogP contribution in [0.1, 0.15) is 22.8 Å². The quantitative estimate of drug-likeness (QED) is 0.709. The van der Waals surface area contributed by atoms with Crippen molar-refractivity contribution in [2.75, 3.05) is 0 Å². The van der Waals surface area contributed by atoms with Crippen LogP contribution < -0.4 is 0 Å². The lowest BCUT2D eigenvalue weighted by Gasteiger charge is -2.06. The Morgan fingerprint density at radius 3 is 2.40 bits per heavy atom. The predicted molar refractivity (Wildman–Crippen MR) is 58.1 cm³/mol. The second-order valence-electron chi connectivity index (χ2n) is 3.76. The minimum absolute atomic E-state index is 0.820. The molecular weight excluding hydrogens is 188 g/mol. The van der Waals surface area contributed by atoms with Crippen LogP contribution in [0.3, 0.4) is 0 Å². The van der Waals surface area contributed by atoms with Crippen molar-refractivity contribution in [3.63, 3.8) is 0 Å². The van der Waals surface area contributed by atoms with E-state index < -0.39 is 0 Å². The van der Waals surface area contributed by atoms with Gasteiger partial charge in [0.2, 0.25) is 0 Å². The number of aromatic nitrogens is 4. The molecule has 4 heteroatoms. The third kappa shape index (κ3) is 1.75. The molecule has 0 aliphatic carbocycles. The van der Waals surface area contributed by atoms with Gasteiger partial charge in [-0.15, -0.1) is 0 Å². The van der Waals surface area contributed by atoms with Crippen molar-refractivity contribution in [3.05, 3.63) is 35.0 Å². The van der Waals surface area contributed by atoms with Gasteiger partial charge in [0.1, 0.15) is 0 Å². The van der Waals surface area contributed by atoms with Gasteiger partial charge in [-0.25, -0.2) is 9.67 Å². The Balaban J connectivity index is 2.62. The van der Waals surface area contributed by atoms with E-state index in [2.05, 4.69) is 15.1 Å². The fourth-order valence-electron chi connectivity index (χ4n) is 1.57. The van der Waals surface area contributed by atoms with Gasteiger partial charge in [-0.3, -0.25) is 4.98 Å². The summed E-state index contributed by atoms with van der Waals surface area (Å²) in [5.41, 5.74) is 3.88. The zero-order chi connectivity index (χ0) is 11.0. The number of hydrogen-bond donors (Lipinski definition) is 0. The Labute approximate surface area is 89.0 Å². The molecule has 4 nitrogen and oxygen atoms in total. The van der Waals surface area contributed by atoms with Gasteiger partial charge >= 0.3 is 0 Å². The molecule has 2 aromatic heterocycles. The van der Waals surface area contributed by atoms with Crippen molar-refractivity contribution in [2.24, 2.45) is 0 Å². The normalized spacial score (nSPS) is 10.7. The maximum absolute atomic E-state index is 4.46. The SMILES string of the molecule is Cc1cnc(C)c(-n2nc(C)cc2C)n1. The Hall–Kier alpha value is -1.71. The van der Waals surface area contributed by atoms with E-state index in [4.69, 9.17) is 0 Å². The van der Waals surface area contributed by atoms with Crippen LogP contribution in [0.5, 0.6) is 0 Å². The first-order chi connectivity index (χ1) is 7.08. The second kappa shape index (κ2) is 3.46. The van der Waals surface area contributed by atoms with E-state index in [1.54, 1.807) is 6.20 Å². The third-order valence-corrected chi connectivity index (χ3v) is 2.26. The van der Waals surface area contributed by atoms with Crippen LogP contribution in [0, 0.1) is 27.7 Å². The fraction of sp³-hybridized carbons (Fsp3) is 0.364. The van der Waals surface area contributed by atoms with Crippen LogP contribution in [-0.2, 0) is 0 Å². The van der Waals surface area contributed by atoms with Crippen LogP contribution in [0.15, 0.2) is 12.3 Å². The average Bonchev–Trinajstić information content (AvgIpc) is 2.50. The Bertz CT molecular complexity index is 499. The Morgan fingerprint density at radius 2 is 1.80 bits per heavy atom. The summed E-state index contributed by atoms with van der Waals surface area (Å²) >= 11 is 0. The first kappa shape index (κ1) is 9.83. The molecule has 0 bridgehead atoms. The molecule has 0 fully saturated rings. The zero-order valence-corrected chi connectivity index (χ0v) is 9.44. The largest absolute Gasteiger partial charge is 0.256 e. The first-order valence-electron chi connectivity index (χ1n) is 4.92. The molecule has 0 unspecified atom stereocenters. The van der Waals surface area contributed by atoms with Crippen molar-refractivity contribution in [1.82, 2.24) is 19.7 Å². The highest BCUT2D eigenvalue weighted by atomic mass is 15.3. The number of aryl methyl sites for hydroxylation is 4. The van der Waals surface area contributed by atoms with Gasteiger partial charge in [-0.2, -0.15) is 5.10 Å². The van der Waals surface area contributed by atoms with E-state index in [1.807, 2.05) is 38.4 Å². The van der Waals surface area contributed by atoms with Gasteiger partial charge in [0, 0.05) is 11.9 Å². The number of nitrogens with zero attached hydrogens (tertiary/aromatic N) is 4. The Kier molecular flexibility index (Phi) is 2.26. The summed E-state index contributed by atoms with van der Waals surface area (Å²) < 4.78 is 1.84. The standard InChI is InChI=1S/C11H14N4/c1-7-5-9(3)15(14-7)11-10(4)12-6-8(2)13-11/h5-6H,1-4H3. The molecule has 0 radical (unpaired) electrons. The van der Waals surface area contributed by atoms with E-state index in [-0.39, 0.29) is 0 Å². The van der Waals surface area contributed by atoms with Gasteiger partial charge in [-0.1, -0.05) is 0 Å². The summed E-state index contributed by atoms with van der Waals surface area (Å²) in [6, 6.07) is 2.03. The monoisotopic (exact) mass is 202 g/mol. The topological polar surface area (TPSA) is 43.6 Å². The maximum atomic E-state index is 4.46. The van der Waals surface area contributed by atoms with Crippen molar-refractivity contribution >= 4 is 0 Å². The molecular formula is C11H14N4. The smallest absolute Gasteiger partial charge is 0.175 e. The number of rotatable bonds is 1. The molecule has 2 heterocycles. The highest BCUT2D eigenvalue weighted by molar-refractivity contribution is 5.30. The lowest BCUT2D eigenvalue weighted by atomic mass is 10.4. The summed E-state index contributed by atoms with van der Waals surface area (Å²) in [7, 11) is 0. The molecule has 2 aromatic rings. The predicted octanol–water partition coefficient (Wildman–Crippen LogP) is 1.90. The van der Waals surface area contributed by atoms with E-state index in [0.29, 0.717) is 0 Å². The molecule has 0 N–H and O–H groups in total. The van der Waals surface area contributed by atoms with Crippen LogP contribution in [0.25, 0.3) is 5.82 Å². The lowest BCUT2D eigenvalue weighted by molar-refractivity contribution is 0.782. The van der Waals surface area contributed by atoms with Crippen molar-refractivity contribution in [2.45, 2.75) is 27.7 Å². The number of hydrogen-bond acceptors (Lipinski definition) is 3. The third-order valence-electron chi connectivity index (χ3n) is 2.26. The minimum atomic E-state index is 0.820. The van der Waals surface area contributed by atoms with Gasteiger partial charge < -0.3 is 0 Å². The fourth-order valence-corrected chi connectivity index (χ4v) is 1.57. The highest BCUT2D eigenvalue weighted by Crippen LogP contribution is 2.12. The molecule has 0 saturated heterocycles. The molecule has 0 atom stereocenters. The molecule has 0 aliphatic heterocycles. The molecule has 0 aliphatic rings. The molecule has 0 saturated carbocycles. The van der Waals surface area contributed by atoms with Crippen molar-refractivity contribution in [1.29, 1.82) is 0 Å². The van der Waals surface area contributed by atoms with Gasteiger partial charge in [0.25, 0.3) is 0 Å². The van der Waals surface area contributed by atoms with E-state index in [0.717, 1.165) is 28.6 Å². The molecule has 0 aromatic carbocycles. The van der Waals surface area contributed by atoms with Crippen molar-refractivity contribution in [3.8, 4) is 5.82 Å². The van der Waals surface area contributed by atoms with Gasteiger partial charge in [0.05, 0.1) is 17.1 Å². The lowest BCUT2D eigenvalue weighted by Crippen LogP contribution is -2.06. The van der Waals surface area contributed by atoms with Crippen LogP contribution in [-0.4, -0.2) is 19.7 Å². The summed E-state index contributed by atoms with van der Waals surface area (Å²) in [6.07, 6.45) is 1.77. The molecule has 0 spiro atoms. The summed E-state index contributed by atoms with van der Waals surface area (Å²) in [6.45, 7) is 7.87. The highest BCUT2D eigenvalue weighted by Gasteiger charge is 2.08. The molecule has 78 valence electrons. The van der Waals surface area contributed by atoms with E-state index >= 15 is 0 Å².